The van der Waals surface area contributed by atoms with E-state index < -0.39 is 11.7 Å². The van der Waals surface area contributed by atoms with E-state index in [9.17, 15) is 9.18 Å². The van der Waals surface area contributed by atoms with Crippen molar-refractivity contribution in [3.05, 3.63) is 81.9 Å². The number of halogens is 1. The number of guanidine groups is 1. The van der Waals surface area contributed by atoms with Gasteiger partial charge in [0.2, 0.25) is 5.96 Å². The lowest BCUT2D eigenvalue weighted by Gasteiger charge is -2.13. The van der Waals surface area contributed by atoms with Crippen LogP contribution in [0, 0.1) is 33.5 Å². The maximum absolute atomic E-state index is 13.6. The minimum absolute atomic E-state index is 0.232. The van der Waals surface area contributed by atoms with E-state index in [1.165, 1.54) is 18.2 Å². The summed E-state index contributed by atoms with van der Waals surface area (Å²) in [6.07, 6.45) is 0.700. The summed E-state index contributed by atoms with van der Waals surface area (Å²) >= 11 is 0. The largest absolute Gasteiger partial charge is 0.326 e. The highest BCUT2D eigenvalue weighted by molar-refractivity contribution is 6.10. The molecule has 0 unspecified atom stereocenters. The number of carbonyl (C=O) groups is 1. The molecule has 0 atom stereocenters. The Labute approximate surface area is 188 Å². The van der Waals surface area contributed by atoms with Crippen LogP contribution >= 0.6 is 0 Å². The number of hydrogen-bond acceptors (Lipinski definition) is 3. The van der Waals surface area contributed by atoms with Crippen LogP contribution in [0.2, 0.25) is 0 Å². The molecule has 3 aromatic rings. The molecule has 2 aromatic carbocycles. The number of hydrogen-bond donors (Lipinski definition) is 2. The minimum atomic E-state index is -0.461. The SMILES string of the molecule is CCn1nc(C)c(CCN=C(NC(=O)c2cccc(F)c2)Nc2cc(C)cc(C)c2)c1C. The van der Waals surface area contributed by atoms with Crippen LogP contribution in [-0.4, -0.2) is 28.2 Å². The van der Waals surface area contributed by atoms with Crippen molar-refractivity contribution in [2.45, 2.75) is 47.6 Å². The van der Waals surface area contributed by atoms with Gasteiger partial charge in [0.1, 0.15) is 5.82 Å². The predicted octanol–water partition coefficient (Wildman–Crippen LogP) is 4.72. The topological polar surface area (TPSA) is 71.3 Å². The number of nitrogens with one attached hydrogen (secondary N) is 2. The van der Waals surface area contributed by atoms with Gasteiger partial charge in [0, 0.05) is 30.0 Å². The molecule has 6 nitrogen and oxygen atoms in total. The molecule has 0 saturated heterocycles. The number of aryl methyl sites for hydroxylation is 4. The molecule has 3 rings (SSSR count). The van der Waals surface area contributed by atoms with E-state index in [1.807, 2.05) is 37.6 Å². The lowest BCUT2D eigenvalue weighted by Crippen LogP contribution is -2.36. The summed E-state index contributed by atoms with van der Waals surface area (Å²) < 4.78 is 15.5. The Bertz CT molecular complexity index is 1130. The molecule has 7 heteroatoms. The first kappa shape index (κ1) is 23.2. The number of aliphatic imine (C=N–C) groups is 1. The van der Waals surface area contributed by atoms with Crippen molar-refractivity contribution in [3.8, 4) is 0 Å². The Morgan fingerprint density at radius 3 is 2.44 bits per heavy atom. The smallest absolute Gasteiger partial charge is 0.258 e. The lowest BCUT2D eigenvalue weighted by atomic mass is 10.1. The molecular formula is C25H30FN5O. The summed E-state index contributed by atoms with van der Waals surface area (Å²) in [5, 5.41) is 10.6. The zero-order valence-corrected chi connectivity index (χ0v) is 19.3. The van der Waals surface area contributed by atoms with Crippen molar-refractivity contribution in [3.63, 3.8) is 0 Å². The van der Waals surface area contributed by atoms with Gasteiger partial charge < -0.3 is 5.32 Å². The van der Waals surface area contributed by atoms with Crippen LogP contribution in [0.3, 0.4) is 0 Å². The van der Waals surface area contributed by atoms with Gasteiger partial charge in [-0.05, 0) is 88.1 Å². The van der Waals surface area contributed by atoms with E-state index in [-0.39, 0.29) is 5.56 Å². The van der Waals surface area contributed by atoms with Crippen molar-refractivity contribution >= 4 is 17.6 Å². The van der Waals surface area contributed by atoms with Crippen LogP contribution in [0.5, 0.6) is 0 Å². The van der Waals surface area contributed by atoms with E-state index in [1.54, 1.807) is 6.07 Å². The van der Waals surface area contributed by atoms with Gasteiger partial charge in [-0.15, -0.1) is 0 Å². The number of nitrogens with zero attached hydrogens (tertiary/aromatic N) is 3. The molecule has 0 radical (unpaired) electrons. The van der Waals surface area contributed by atoms with E-state index in [0.29, 0.717) is 18.9 Å². The average molecular weight is 436 g/mol. The molecule has 2 N–H and O–H groups in total. The fraction of sp³-hybridized carbons (Fsp3) is 0.320. The quantitative estimate of drug-likeness (QED) is 0.435. The van der Waals surface area contributed by atoms with Crippen LogP contribution in [-0.2, 0) is 13.0 Å². The Kier molecular flexibility index (Phi) is 7.41. The molecule has 0 aliphatic heterocycles. The number of carbonyl (C=O) groups excluding carboxylic acids is 1. The van der Waals surface area contributed by atoms with Gasteiger partial charge >= 0.3 is 0 Å². The average Bonchev–Trinajstić information content (AvgIpc) is 3.00. The summed E-state index contributed by atoms with van der Waals surface area (Å²) in [5.41, 5.74) is 6.55. The van der Waals surface area contributed by atoms with Crippen LogP contribution in [0.25, 0.3) is 0 Å². The molecule has 1 heterocycles. The highest BCUT2D eigenvalue weighted by Gasteiger charge is 2.13. The molecule has 0 bridgehead atoms. The van der Waals surface area contributed by atoms with E-state index in [2.05, 4.69) is 40.6 Å². The number of rotatable bonds is 6. The zero-order valence-electron chi connectivity index (χ0n) is 19.3. The number of aromatic nitrogens is 2. The molecule has 0 aliphatic carbocycles. The van der Waals surface area contributed by atoms with Crippen molar-refractivity contribution < 1.29 is 9.18 Å². The van der Waals surface area contributed by atoms with Gasteiger partial charge in [-0.25, -0.2) is 4.39 Å². The molecule has 0 fully saturated rings. The summed E-state index contributed by atoms with van der Waals surface area (Å²) in [7, 11) is 0. The molecule has 1 aromatic heterocycles. The molecule has 0 spiro atoms. The fourth-order valence-corrected chi connectivity index (χ4v) is 3.79. The van der Waals surface area contributed by atoms with Gasteiger partial charge in [-0.2, -0.15) is 5.10 Å². The summed E-state index contributed by atoms with van der Waals surface area (Å²) in [6.45, 7) is 11.4. The number of amides is 1. The first-order valence-corrected chi connectivity index (χ1v) is 10.8. The highest BCUT2D eigenvalue weighted by atomic mass is 19.1. The normalized spacial score (nSPS) is 11.5. The Morgan fingerprint density at radius 2 is 1.81 bits per heavy atom. The van der Waals surface area contributed by atoms with Gasteiger partial charge in [0.05, 0.1) is 5.69 Å². The summed E-state index contributed by atoms with van der Waals surface area (Å²) in [5.74, 6) is -0.564. The molecule has 32 heavy (non-hydrogen) atoms. The Morgan fingerprint density at radius 1 is 1.09 bits per heavy atom. The van der Waals surface area contributed by atoms with E-state index in [0.717, 1.165) is 40.3 Å². The molecule has 0 saturated carbocycles. The van der Waals surface area contributed by atoms with Crippen molar-refractivity contribution in [2.24, 2.45) is 4.99 Å². The lowest BCUT2D eigenvalue weighted by molar-refractivity contribution is 0.0976. The van der Waals surface area contributed by atoms with Gasteiger partial charge in [-0.1, -0.05) is 12.1 Å². The molecule has 168 valence electrons. The molecule has 0 aliphatic rings. The highest BCUT2D eigenvalue weighted by Crippen LogP contribution is 2.15. The standard InChI is InChI=1S/C25H30FN5O/c1-6-31-19(5)23(18(4)30-31)10-11-27-25(28-22-13-16(2)12-17(3)14-22)29-24(32)20-8-7-9-21(26)15-20/h7-9,12-15H,6,10-11H2,1-5H3,(H2,27,28,29,32). The van der Waals surface area contributed by atoms with Crippen LogP contribution < -0.4 is 10.6 Å². The van der Waals surface area contributed by atoms with Crippen molar-refractivity contribution in [2.75, 3.05) is 11.9 Å². The first-order valence-electron chi connectivity index (χ1n) is 10.8. The zero-order chi connectivity index (χ0) is 23.3. The fourth-order valence-electron chi connectivity index (χ4n) is 3.79. The van der Waals surface area contributed by atoms with Gasteiger partial charge in [0.25, 0.3) is 5.91 Å². The molecule has 1 amide bonds. The third kappa shape index (κ3) is 5.81. The summed E-state index contributed by atoms with van der Waals surface area (Å²) in [6, 6.07) is 11.6. The van der Waals surface area contributed by atoms with Crippen LogP contribution in [0.1, 0.15) is 45.4 Å². The van der Waals surface area contributed by atoms with Crippen molar-refractivity contribution in [1.82, 2.24) is 15.1 Å². The maximum Gasteiger partial charge on any atom is 0.258 e. The summed E-state index contributed by atoms with van der Waals surface area (Å²) in [4.78, 5) is 17.3. The second-order valence-electron chi connectivity index (χ2n) is 7.91. The van der Waals surface area contributed by atoms with E-state index in [4.69, 9.17) is 0 Å². The van der Waals surface area contributed by atoms with Crippen LogP contribution in [0.4, 0.5) is 10.1 Å². The number of benzene rings is 2. The molecular weight excluding hydrogens is 405 g/mol. The third-order valence-corrected chi connectivity index (χ3v) is 5.27. The third-order valence-electron chi connectivity index (χ3n) is 5.27. The van der Waals surface area contributed by atoms with Crippen molar-refractivity contribution in [1.29, 1.82) is 0 Å². The minimum Gasteiger partial charge on any atom is -0.326 e. The maximum atomic E-state index is 13.6. The Hall–Kier alpha value is -3.48. The monoisotopic (exact) mass is 435 g/mol. The number of anilines is 1. The second kappa shape index (κ2) is 10.2. The van der Waals surface area contributed by atoms with E-state index >= 15 is 0 Å². The van der Waals surface area contributed by atoms with Gasteiger partial charge in [-0.3, -0.25) is 19.8 Å². The predicted molar refractivity (Wildman–Crippen MR) is 127 cm³/mol. The second-order valence-corrected chi connectivity index (χ2v) is 7.91. The Balaban J connectivity index is 1.82. The van der Waals surface area contributed by atoms with Gasteiger partial charge in [0.15, 0.2) is 0 Å². The van der Waals surface area contributed by atoms with Crippen LogP contribution in [0.15, 0.2) is 47.5 Å². The first-order chi connectivity index (χ1) is 15.3.